The molecule has 3 aromatic carbocycles. The molecule has 4 rings (SSSR count). The molecule has 37 heavy (non-hydrogen) atoms. The molecule has 0 radical (unpaired) electrons. The Morgan fingerprint density at radius 3 is 2.24 bits per heavy atom. The topological polar surface area (TPSA) is 29.5 Å². The van der Waals surface area contributed by atoms with Crippen molar-refractivity contribution < 1.29 is 31.8 Å². The highest BCUT2D eigenvalue weighted by Gasteiger charge is 2.27. The van der Waals surface area contributed by atoms with Crippen LogP contribution in [0.4, 0.5) is 22.0 Å². The Balaban J connectivity index is 1.36. The van der Waals surface area contributed by atoms with E-state index in [4.69, 9.17) is 4.74 Å². The van der Waals surface area contributed by atoms with E-state index in [0.717, 1.165) is 19.3 Å². The van der Waals surface area contributed by atoms with Crippen molar-refractivity contribution in [2.75, 3.05) is 6.61 Å². The summed E-state index contributed by atoms with van der Waals surface area (Å²) in [5.41, 5.74) is 1.02. The first-order valence-corrected chi connectivity index (χ1v) is 12.8. The third-order valence-electron chi connectivity index (χ3n) is 7.41. The van der Waals surface area contributed by atoms with Gasteiger partial charge in [0.1, 0.15) is 5.82 Å². The van der Waals surface area contributed by atoms with Crippen LogP contribution in [0.15, 0.2) is 42.5 Å². The maximum absolute atomic E-state index is 14.8. The standard InChI is InChI=1S/C30H31F5O2/c1-3-37-26-15-14-24(29(34)30(26)35)21-11-10-20(25(31)16-21)9-6-18-4-7-19(8-5-18)23-13-12-22(17(2)36)27(32)28(23)33/h10-19,36H,3-9H2,1-2H3. The van der Waals surface area contributed by atoms with Gasteiger partial charge in [-0.05, 0) is 99.1 Å². The molecular weight excluding hydrogens is 487 g/mol. The van der Waals surface area contributed by atoms with Gasteiger partial charge in [0.05, 0.1) is 12.7 Å². The first-order valence-electron chi connectivity index (χ1n) is 12.8. The van der Waals surface area contributed by atoms with E-state index in [1.807, 2.05) is 0 Å². The van der Waals surface area contributed by atoms with Crippen LogP contribution in [-0.4, -0.2) is 11.7 Å². The molecule has 1 aliphatic rings. The normalized spacial score (nSPS) is 18.6. The van der Waals surface area contributed by atoms with E-state index >= 15 is 0 Å². The number of ether oxygens (including phenoxy) is 1. The summed E-state index contributed by atoms with van der Waals surface area (Å²) in [4.78, 5) is 0. The number of halogens is 5. The number of hydrogen-bond donors (Lipinski definition) is 1. The Morgan fingerprint density at radius 2 is 1.59 bits per heavy atom. The third-order valence-corrected chi connectivity index (χ3v) is 7.41. The molecule has 3 aromatic rings. The quantitative estimate of drug-likeness (QED) is 0.303. The second-order valence-corrected chi connectivity index (χ2v) is 9.78. The van der Waals surface area contributed by atoms with E-state index in [2.05, 4.69) is 0 Å². The fraction of sp³-hybridized carbons (Fsp3) is 0.400. The van der Waals surface area contributed by atoms with Gasteiger partial charge in [-0.3, -0.25) is 0 Å². The first kappa shape index (κ1) is 27.1. The van der Waals surface area contributed by atoms with Gasteiger partial charge in [0.15, 0.2) is 23.2 Å². The summed E-state index contributed by atoms with van der Waals surface area (Å²) in [6, 6.07) is 10.1. The van der Waals surface area contributed by atoms with Crippen molar-refractivity contribution in [3.63, 3.8) is 0 Å². The SMILES string of the molecule is CCOc1ccc(-c2ccc(CCC3CCC(c4ccc(C(C)O)c(F)c4F)CC3)c(F)c2)c(F)c1F. The van der Waals surface area contributed by atoms with Gasteiger partial charge >= 0.3 is 0 Å². The lowest BCUT2D eigenvalue weighted by Gasteiger charge is -2.29. The van der Waals surface area contributed by atoms with Crippen LogP contribution in [-0.2, 0) is 6.42 Å². The van der Waals surface area contributed by atoms with Crippen molar-refractivity contribution in [1.29, 1.82) is 0 Å². The maximum atomic E-state index is 14.8. The molecule has 198 valence electrons. The van der Waals surface area contributed by atoms with E-state index in [9.17, 15) is 27.1 Å². The highest BCUT2D eigenvalue weighted by atomic mass is 19.2. The molecule has 0 aliphatic heterocycles. The number of aryl methyl sites for hydroxylation is 1. The minimum atomic E-state index is -1.10. The molecule has 0 amide bonds. The lowest BCUT2D eigenvalue weighted by atomic mass is 9.76. The Morgan fingerprint density at radius 1 is 0.865 bits per heavy atom. The smallest absolute Gasteiger partial charge is 0.201 e. The van der Waals surface area contributed by atoms with Gasteiger partial charge in [0.2, 0.25) is 5.82 Å². The second kappa shape index (κ2) is 11.6. The van der Waals surface area contributed by atoms with Gasteiger partial charge in [-0.2, -0.15) is 4.39 Å². The molecule has 1 saturated carbocycles. The summed E-state index contributed by atoms with van der Waals surface area (Å²) in [7, 11) is 0. The van der Waals surface area contributed by atoms with Gasteiger partial charge in [-0.25, -0.2) is 17.6 Å². The Bertz CT molecular complexity index is 1250. The molecule has 7 heteroatoms. The van der Waals surface area contributed by atoms with E-state index in [1.54, 1.807) is 25.1 Å². The number of aliphatic hydroxyl groups excluding tert-OH is 1. The lowest BCUT2D eigenvalue weighted by molar-refractivity contribution is 0.192. The minimum absolute atomic E-state index is 0.0325. The molecule has 0 saturated heterocycles. The van der Waals surface area contributed by atoms with Crippen molar-refractivity contribution in [3.8, 4) is 16.9 Å². The van der Waals surface area contributed by atoms with Crippen LogP contribution in [0, 0.1) is 35.0 Å². The van der Waals surface area contributed by atoms with E-state index in [0.29, 0.717) is 36.3 Å². The highest BCUT2D eigenvalue weighted by Crippen LogP contribution is 2.40. The van der Waals surface area contributed by atoms with Gasteiger partial charge in [0, 0.05) is 11.1 Å². The lowest BCUT2D eigenvalue weighted by Crippen LogP contribution is -2.16. The molecule has 0 heterocycles. The molecule has 0 spiro atoms. The van der Waals surface area contributed by atoms with Crippen molar-refractivity contribution >= 4 is 0 Å². The summed E-state index contributed by atoms with van der Waals surface area (Å²) in [5, 5.41) is 9.59. The number of rotatable bonds is 8. The largest absolute Gasteiger partial charge is 0.491 e. The number of hydrogen-bond acceptors (Lipinski definition) is 2. The predicted octanol–water partition coefficient (Wildman–Crippen LogP) is 8.41. The van der Waals surface area contributed by atoms with Crippen LogP contribution in [0.3, 0.4) is 0 Å². The van der Waals surface area contributed by atoms with Crippen molar-refractivity contribution in [3.05, 3.63) is 88.2 Å². The second-order valence-electron chi connectivity index (χ2n) is 9.78. The zero-order valence-corrected chi connectivity index (χ0v) is 21.0. The van der Waals surface area contributed by atoms with Gasteiger partial charge in [-0.15, -0.1) is 0 Å². The zero-order chi connectivity index (χ0) is 26.7. The van der Waals surface area contributed by atoms with E-state index < -0.39 is 35.2 Å². The molecule has 1 fully saturated rings. The molecule has 1 atom stereocenters. The summed E-state index contributed by atoms with van der Waals surface area (Å²) >= 11 is 0. The minimum Gasteiger partial charge on any atom is -0.491 e. The van der Waals surface area contributed by atoms with E-state index in [1.165, 1.54) is 31.2 Å². The summed E-state index contributed by atoms with van der Waals surface area (Å²) in [6.07, 6.45) is 3.22. The summed E-state index contributed by atoms with van der Waals surface area (Å²) in [5.74, 6) is -4.45. The Labute approximate surface area is 214 Å². The van der Waals surface area contributed by atoms with Crippen LogP contribution in [0.1, 0.15) is 74.7 Å². The molecular formula is C30H31F5O2. The van der Waals surface area contributed by atoms with Crippen LogP contribution in [0.25, 0.3) is 11.1 Å². The molecule has 0 bridgehead atoms. The fourth-order valence-electron chi connectivity index (χ4n) is 5.28. The fourth-order valence-corrected chi connectivity index (χ4v) is 5.28. The Kier molecular flexibility index (Phi) is 8.53. The molecule has 1 aliphatic carbocycles. The van der Waals surface area contributed by atoms with Crippen LogP contribution in [0.5, 0.6) is 5.75 Å². The zero-order valence-electron chi connectivity index (χ0n) is 21.0. The van der Waals surface area contributed by atoms with Crippen molar-refractivity contribution in [1.82, 2.24) is 0 Å². The maximum Gasteiger partial charge on any atom is 0.201 e. The first-order chi connectivity index (χ1) is 17.7. The van der Waals surface area contributed by atoms with Crippen molar-refractivity contribution in [2.45, 2.75) is 64.4 Å². The van der Waals surface area contributed by atoms with Gasteiger partial charge in [-0.1, -0.05) is 24.3 Å². The third kappa shape index (κ3) is 5.82. The average molecular weight is 519 g/mol. The van der Waals surface area contributed by atoms with E-state index in [-0.39, 0.29) is 35.0 Å². The van der Waals surface area contributed by atoms with Crippen molar-refractivity contribution in [2.24, 2.45) is 5.92 Å². The van der Waals surface area contributed by atoms with Crippen LogP contribution in [0.2, 0.25) is 0 Å². The highest BCUT2D eigenvalue weighted by molar-refractivity contribution is 5.65. The summed E-state index contributed by atoms with van der Waals surface area (Å²) in [6.45, 7) is 3.27. The van der Waals surface area contributed by atoms with Crippen LogP contribution >= 0.6 is 0 Å². The monoisotopic (exact) mass is 518 g/mol. The average Bonchev–Trinajstić information content (AvgIpc) is 2.88. The van der Waals surface area contributed by atoms with Gasteiger partial charge in [0.25, 0.3) is 0 Å². The number of aliphatic hydroxyl groups is 1. The predicted molar refractivity (Wildman–Crippen MR) is 133 cm³/mol. The molecule has 1 unspecified atom stereocenters. The molecule has 2 nitrogen and oxygen atoms in total. The summed E-state index contributed by atoms with van der Waals surface area (Å²) < 4.78 is 77.5. The van der Waals surface area contributed by atoms with Gasteiger partial charge < -0.3 is 9.84 Å². The van der Waals surface area contributed by atoms with Crippen LogP contribution < -0.4 is 4.74 Å². The molecule has 0 aromatic heterocycles. The molecule has 1 N–H and O–H groups in total. The Hall–Kier alpha value is -2.93. The number of benzene rings is 3.